The number of benzene rings is 2. The molecule has 2 bridgehead atoms. The molecule has 4 rings (SSSR count). The van der Waals surface area contributed by atoms with E-state index in [0.717, 1.165) is 24.5 Å². The molecule has 2 aromatic rings. The topological polar surface area (TPSA) is 9.23 Å². The highest BCUT2D eigenvalue weighted by molar-refractivity contribution is 6.97. The molecule has 24 heavy (non-hydrogen) atoms. The minimum atomic E-state index is -2.14. The molecule has 3 unspecified atom stereocenters. The number of hydrogen-bond acceptors (Lipinski definition) is 1. The summed E-state index contributed by atoms with van der Waals surface area (Å²) >= 11 is 0. The molecule has 2 aliphatic carbocycles. The lowest BCUT2D eigenvalue weighted by Crippen LogP contribution is -2.60. The number of hydrogen-bond donors (Lipinski definition) is 0. The summed E-state index contributed by atoms with van der Waals surface area (Å²) in [5, 5.41) is 2.80. The highest BCUT2D eigenvalue weighted by Gasteiger charge is 2.41. The van der Waals surface area contributed by atoms with E-state index in [1.165, 1.54) is 23.2 Å². The van der Waals surface area contributed by atoms with Crippen LogP contribution in [-0.4, -0.2) is 14.9 Å². The molecule has 1 fully saturated rings. The van der Waals surface area contributed by atoms with Gasteiger partial charge in [0.05, 0.1) is 0 Å². The fourth-order valence-electron chi connectivity index (χ4n) is 4.59. The first kappa shape index (κ1) is 15.9. The molecule has 1 nitrogen and oxygen atoms in total. The monoisotopic (exact) mass is 334 g/mol. The van der Waals surface area contributed by atoms with E-state index in [-0.39, 0.29) is 0 Å². The van der Waals surface area contributed by atoms with Crippen LogP contribution in [-0.2, 0) is 4.43 Å². The summed E-state index contributed by atoms with van der Waals surface area (Å²) in [7, 11) is -2.14. The van der Waals surface area contributed by atoms with Crippen molar-refractivity contribution < 1.29 is 4.43 Å². The second-order valence-corrected chi connectivity index (χ2v) is 11.1. The van der Waals surface area contributed by atoms with Crippen LogP contribution in [0.25, 0.3) is 0 Å². The summed E-state index contributed by atoms with van der Waals surface area (Å²) in [5.41, 5.74) is 0. The standard InChI is InChI=1S/C22H26OSi/c1-2-24(21-9-5-3-6-10-21,22-11-7-4-8-12-22)23-17-20-16-18-13-14-19(20)15-18/h3-14,18-20H,2,15-17H2,1H3. The molecule has 0 spiro atoms. The molecule has 0 heterocycles. The Hall–Kier alpha value is -1.64. The maximum atomic E-state index is 6.89. The van der Waals surface area contributed by atoms with E-state index < -0.39 is 8.32 Å². The maximum Gasteiger partial charge on any atom is 0.255 e. The molecule has 0 amide bonds. The van der Waals surface area contributed by atoms with Crippen LogP contribution in [0.5, 0.6) is 0 Å². The Morgan fingerprint density at radius 1 is 0.875 bits per heavy atom. The van der Waals surface area contributed by atoms with Gasteiger partial charge in [-0.1, -0.05) is 79.7 Å². The van der Waals surface area contributed by atoms with Gasteiger partial charge in [-0.25, -0.2) is 0 Å². The van der Waals surface area contributed by atoms with Crippen LogP contribution in [0.3, 0.4) is 0 Å². The third-order valence-electron chi connectivity index (χ3n) is 5.94. The molecule has 1 saturated carbocycles. The van der Waals surface area contributed by atoms with E-state index in [9.17, 15) is 0 Å². The highest BCUT2D eigenvalue weighted by atomic mass is 28.4. The van der Waals surface area contributed by atoms with Gasteiger partial charge in [-0.15, -0.1) is 0 Å². The minimum absolute atomic E-state index is 0.714. The van der Waals surface area contributed by atoms with Crippen LogP contribution in [0.15, 0.2) is 72.8 Å². The molecular weight excluding hydrogens is 308 g/mol. The van der Waals surface area contributed by atoms with E-state index in [1.54, 1.807) is 0 Å². The Balaban J connectivity index is 1.64. The second kappa shape index (κ2) is 6.70. The lowest BCUT2D eigenvalue weighted by molar-refractivity contribution is 0.225. The molecule has 3 atom stereocenters. The normalized spacial score (nSPS) is 25.3. The first-order chi connectivity index (χ1) is 11.8. The van der Waals surface area contributed by atoms with Crippen molar-refractivity contribution in [3.8, 4) is 0 Å². The Kier molecular flexibility index (Phi) is 4.42. The zero-order valence-corrected chi connectivity index (χ0v) is 15.4. The summed E-state index contributed by atoms with van der Waals surface area (Å²) in [6.45, 7) is 3.21. The SMILES string of the molecule is CC[Si](OCC1CC2C=CC1C2)(c1ccccc1)c1ccccc1. The van der Waals surface area contributed by atoms with E-state index in [1.807, 2.05) is 0 Å². The summed E-state index contributed by atoms with van der Waals surface area (Å²) in [5.74, 6) is 2.28. The summed E-state index contributed by atoms with van der Waals surface area (Å²) in [6, 6.07) is 23.0. The summed E-state index contributed by atoms with van der Waals surface area (Å²) in [4.78, 5) is 0. The first-order valence-corrected chi connectivity index (χ1v) is 11.4. The van der Waals surface area contributed by atoms with Crippen LogP contribution in [0, 0.1) is 17.8 Å². The Bertz CT molecular complexity index is 655. The predicted molar refractivity (Wildman–Crippen MR) is 103 cm³/mol. The minimum Gasteiger partial charge on any atom is -0.408 e. The van der Waals surface area contributed by atoms with Gasteiger partial charge in [-0.2, -0.15) is 0 Å². The molecular formula is C22H26OSi. The lowest BCUT2D eigenvalue weighted by atomic mass is 9.95. The van der Waals surface area contributed by atoms with Crippen LogP contribution >= 0.6 is 0 Å². The fourth-order valence-corrected chi connectivity index (χ4v) is 8.24. The number of fused-ring (bicyclic) bond motifs is 2. The average Bonchev–Trinajstić information content (AvgIpc) is 3.28. The van der Waals surface area contributed by atoms with Crippen molar-refractivity contribution in [3.05, 3.63) is 72.8 Å². The van der Waals surface area contributed by atoms with Gasteiger partial charge < -0.3 is 4.43 Å². The molecule has 124 valence electrons. The average molecular weight is 335 g/mol. The van der Waals surface area contributed by atoms with Crippen molar-refractivity contribution in [2.75, 3.05) is 6.61 Å². The largest absolute Gasteiger partial charge is 0.408 e. The third-order valence-corrected chi connectivity index (χ3v) is 10.1. The molecule has 0 saturated heterocycles. The quantitative estimate of drug-likeness (QED) is 0.573. The first-order valence-electron chi connectivity index (χ1n) is 9.25. The molecule has 0 radical (unpaired) electrons. The van der Waals surface area contributed by atoms with E-state index in [0.29, 0.717) is 5.92 Å². The molecule has 0 aromatic heterocycles. The highest BCUT2D eigenvalue weighted by Crippen LogP contribution is 2.43. The van der Waals surface area contributed by atoms with Gasteiger partial charge in [0.2, 0.25) is 0 Å². The maximum absolute atomic E-state index is 6.89. The Morgan fingerprint density at radius 2 is 1.50 bits per heavy atom. The third kappa shape index (κ3) is 2.78. The van der Waals surface area contributed by atoms with E-state index in [4.69, 9.17) is 4.43 Å². The Morgan fingerprint density at radius 3 is 1.96 bits per heavy atom. The summed E-state index contributed by atoms with van der Waals surface area (Å²) in [6.07, 6.45) is 7.52. The van der Waals surface area contributed by atoms with Crippen molar-refractivity contribution in [1.82, 2.24) is 0 Å². The van der Waals surface area contributed by atoms with Crippen LogP contribution in [0.4, 0.5) is 0 Å². The molecule has 2 aliphatic rings. The molecule has 2 heteroatoms. The molecule has 0 aliphatic heterocycles. The van der Waals surface area contributed by atoms with Gasteiger partial charge >= 0.3 is 0 Å². The van der Waals surface area contributed by atoms with E-state index in [2.05, 4.69) is 79.7 Å². The smallest absolute Gasteiger partial charge is 0.255 e. The van der Waals surface area contributed by atoms with Crippen molar-refractivity contribution in [3.63, 3.8) is 0 Å². The predicted octanol–water partition coefficient (Wildman–Crippen LogP) is 4.00. The zero-order chi connectivity index (χ0) is 16.4. The van der Waals surface area contributed by atoms with E-state index >= 15 is 0 Å². The van der Waals surface area contributed by atoms with Crippen molar-refractivity contribution in [2.45, 2.75) is 25.8 Å². The zero-order valence-electron chi connectivity index (χ0n) is 14.4. The van der Waals surface area contributed by atoms with Gasteiger partial charge in [-0.05, 0) is 47.0 Å². The molecule has 2 aromatic carbocycles. The van der Waals surface area contributed by atoms with Crippen molar-refractivity contribution in [1.29, 1.82) is 0 Å². The second-order valence-electron chi connectivity index (χ2n) is 7.26. The van der Waals surface area contributed by atoms with Gasteiger partial charge in [0.25, 0.3) is 8.32 Å². The number of allylic oxidation sites excluding steroid dienone is 2. The van der Waals surface area contributed by atoms with Crippen LogP contribution in [0.1, 0.15) is 19.8 Å². The molecule has 0 N–H and O–H groups in total. The summed E-state index contributed by atoms with van der Waals surface area (Å²) < 4.78 is 6.89. The van der Waals surface area contributed by atoms with Crippen LogP contribution in [0.2, 0.25) is 6.04 Å². The lowest BCUT2D eigenvalue weighted by Gasteiger charge is -2.33. The van der Waals surface area contributed by atoms with Crippen molar-refractivity contribution >= 4 is 18.7 Å². The number of rotatable bonds is 6. The van der Waals surface area contributed by atoms with Crippen LogP contribution < -0.4 is 10.4 Å². The van der Waals surface area contributed by atoms with Crippen molar-refractivity contribution in [2.24, 2.45) is 17.8 Å². The fraction of sp³-hybridized carbons (Fsp3) is 0.364. The van der Waals surface area contributed by atoms with Gasteiger partial charge in [0.15, 0.2) is 0 Å². The van der Waals surface area contributed by atoms with Gasteiger partial charge in [0.1, 0.15) is 0 Å². The Labute approximate surface area is 146 Å². The van der Waals surface area contributed by atoms with Gasteiger partial charge in [0, 0.05) is 6.61 Å². The van der Waals surface area contributed by atoms with Gasteiger partial charge in [-0.3, -0.25) is 0 Å².